The third-order valence-corrected chi connectivity index (χ3v) is 5.60. The number of anilines is 1. The van der Waals surface area contributed by atoms with Gasteiger partial charge in [0.1, 0.15) is 11.6 Å². The molecule has 5 nitrogen and oxygen atoms in total. The fourth-order valence-corrected chi connectivity index (χ4v) is 4.08. The van der Waals surface area contributed by atoms with Crippen LogP contribution in [0.2, 0.25) is 5.02 Å². The number of rotatable bonds is 9. The molecule has 1 aromatic heterocycles. The number of ether oxygens (including phenoxy) is 1. The summed E-state index contributed by atoms with van der Waals surface area (Å²) in [6, 6.07) is 14.7. The van der Waals surface area contributed by atoms with Crippen LogP contribution in [-0.2, 0) is 0 Å². The van der Waals surface area contributed by atoms with Crippen LogP contribution in [0.1, 0.15) is 56.1 Å². The first kappa shape index (κ1) is 22.2. The Kier molecular flexibility index (Phi) is 7.38. The minimum absolute atomic E-state index is 0.236. The van der Waals surface area contributed by atoms with Gasteiger partial charge in [-0.15, -0.1) is 5.10 Å². The second kappa shape index (κ2) is 9.98. The largest absolute Gasteiger partial charge is 0.496 e. The van der Waals surface area contributed by atoms with Gasteiger partial charge in [-0.3, -0.25) is 0 Å². The molecule has 0 fully saturated rings. The third kappa shape index (κ3) is 4.62. The van der Waals surface area contributed by atoms with E-state index >= 15 is 0 Å². The average Bonchev–Trinajstić information content (AvgIpc) is 3.13. The van der Waals surface area contributed by atoms with Gasteiger partial charge in [-0.2, -0.15) is 4.98 Å². The van der Waals surface area contributed by atoms with Crippen LogP contribution in [0.15, 0.2) is 42.5 Å². The molecule has 1 heterocycles. The molecule has 2 aromatic carbocycles. The van der Waals surface area contributed by atoms with Crippen molar-refractivity contribution in [2.24, 2.45) is 0 Å². The first-order valence-corrected chi connectivity index (χ1v) is 11.0. The zero-order valence-corrected chi connectivity index (χ0v) is 19.3. The maximum absolute atomic E-state index is 6.56. The van der Waals surface area contributed by atoms with E-state index in [4.69, 9.17) is 26.4 Å². The smallest absolute Gasteiger partial charge is 0.245 e. The van der Waals surface area contributed by atoms with E-state index in [1.165, 1.54) is 5.56 Å². The fraction of sp³-hybridized carbons (Fsp3) is 0.417. The molecule has 0 saturated carbocycles. The molecule has 160 valence electrons. The zero-order chi connectivity index (χ0) is 21.7. The summed E-state index contributed by atoms with van der Waals surface area (Å²) in [6.07, 6.45) is 3.14. The summed E-state index contributed by atoms with van der Waals surface area (Å²) in [5, 5.41) is 5.48. The van der Waals surface area contributed by atoms with Crippen molar-refractivity contribution in [3.05, 3.63) is 64.4 Å². The van der Waals surface area contributed by atoms with Crippen LogP contribution >= 0.6 is 11.6 Å². The molecule has 6 heteroatoms. The van der Waals surface area contributed by atoms with Crippen LogP contribution in [-0.4, -0.2) is 28.4 Å². The first-order valence-electron chi connectivity index (χ1n) is 10.6. The van der Waals surface area contributed by atoms with E-state index in [1.807, 2.05) is 30.7 Å². The molecule has 1 unspecified atom stereocenters. The molecule has 0 spiro atoms. The predicted molar refractivity (Wildman–Crippen MR) is 124 cm³/mol. The topological polar surface area (TPSA) is 43.2 Å². The summed E-state index contributed by atoms with van der Waals surface area (Å²) < 4.78 is 7.23. The minimum Gasteiger partial charge on any atom is -0.496 e. The van der Waals surface area contributed by atoms with Crippen molar-refractivity contribution in [3.8, 4) is 11.4 Å². The monoisotopic (exact) mass is 426 g/mol. The highest BCUT2D eigenvalue weighted by Crippen LogP contribution is 2.32. The number of aryl methyl sites for hydroxylation is 2. The molecule has 0 aliphatic carbocycles. The third-order valence-electron chi connectivity index (χ3n) is 5.29. The zero-order valence-electron chi connectivity index (χ0n) is 18.5. The van der Waals surface area contributed by atoms with Crippen molar-refractivity contribution in [2.45, 2.75) is 53.0 Å². The van der Waals surface area contributed by atoms with Crippen molar-refractivity contribution in [1.82, 2.24) is 14.8 Å². The van der Waals surface area contributed by atoms with Crippen molar-refractivity contribution >= 4 is 17.5 Å². The summed E-state index contributed by atoms with van der Waals surface area (Å²) >= 11 is 6.56. The van der Waals surface area contributed by atoms with E-state index in [0.29, 0.717) is 5.02 Å². The summed E-state index contributed by atoms with van der Waals surface area (Å²) in [6.45, 7) is 9.26. The number of hydrogen-bond acceptors (Lipinski definition) is 4. The lowest BCUT2D eigenvalue weighted by Gasteiger charge is -2.31. The van der Waals surface area contributed by atoms with E-state index in [2.05, 4.69) is 49.1 Å². The minimum atomic E-state index is 0.236. The Morgan fingerprint density at radius 2 is 1.83 bits per heavy atom. The highest BCUT2D eigenvalue weighted by atomic mass is 35.5. The van der Waals surface area contributed by atoms with Gasteiger partial charge in [0.25, 0.3) is 0 Å². The Balaban J connectivity index is 2.04. The lowest BCUT2D eigenvalue weighted by molar-refractivity contribution is 0.411. The van der Waals surface area contributed by atoms with E-state index in [0.717, 1.165) is 54.6 Å². The lowest BCUT2D eigenvalue weighted by atomic mass is 10.0. The van der Waals surface area contributed by atoms with Gasteiger partial charge in [-0.25, -0.2) is 4.68 Å². The maximum Gasteiger partial charge on any atom is 0.245 e. The van der Waals surface area contributed by atoms with E-state index < -0.39 is 0 Å². The normalized spacial score (nSPS) is 12.1. The van der Waals surface area contributed by atoms with Gasteiger partial charge in [0.05, 0.1) is 23.9 Å². The lowest BCUT2D eigenvalue weighted by Crippen LogP contribution is -2.30. The van der Waals surface area contributed by atoms with Crippen LogP contribution in [0.25, 0.3) is 5.69 Å². The van der Waals surface area contributed by atoms with Gasteiger partial charge in [0, 0.05) is 12.6 Å². The van der Waals surface area contributed by atoms with Crippen molar-refractivity contribution in [1.29, 1.82) is 0 Å². The number of hydrogen-bond donors (Lipinski definition) is 0. The standard InChI is InChI=1S/C24H31ClN4O/c1-6-11-21(19-12-9-8-10-13-19)28(14-7-2)24-26-18(4)29(27-24)22-15-17(3)23(30-5)16-20(22)25/h8-10,12-13,15-16,21H,6-7,11,14H2,1-5H3. The molecule has 0 aliphatic rings. The summed E-state index contributed by atoms with van der Waals surface area (Å²) in [7, 11) is 1.65. The Morgan fingerprint density at radius 3 is 2.47 bits per heavy atom. The Hall–Kier alpha value is -2.53. The first-order chi connectivity index (χ1) is 14.5. The van der Waals surface area contributed by atoms with E-state index in [9.17, 15) is 0 Å². The van der Waals surface area contributed by atoms with Crippen LogP contribution in [0.3, 0.4) is 0 Å². The van der Waals surface area contributed by atoms with Gasteiger partial charge in [0.15, 0.2) is 0 Å². The summed E-state index contributed by atoms with van der Waals surface area (Å²) in [5.41, 5.74) is 3.11. The van der Waals surface area contributed by atoms with Crippen LogP contribution in [0.5, 0.6) is 5.75 Å². The predicted octanol–water partition coefficient (Wildman–Crippen LogP) is 6.30. The van der Waals surface area contributed by atoms with Crippen LogP contribution in [0, 0.1) is 13.8 Å². The second-order valence-electron chi connectivity index (χ2n) is 7.55. The maximum atomic E-state index is 6.56. The quantitative estimate of drug-likeness (QED) is 0.402. The molecular formula is C24H31ClN4O. The van der Waals surface area contributed by atoms with Gasteiger partial charge < -0.3 is 9.64 Å². The van der Waals surface area contributed by atoms with E-state index in [-0.39, 0.29) is 6.04 Å². The second-order valence-corrected chi connectivity index (χ2v) is 7.96. The van der Waals surface area contributed by atoms with Crippen molar-refractivity contribution < 1.29 is 4.74 Å². The Morgan fingerprint density at radius 1 is 1.10 bits per heavy atom. The van der Waals surface area contributed by atoms with Gasteiger partial charge in [-0.1, -0.05) is 62.2 Å². The van der Waals surface area contributed by atoms with Crippen LogP contribution in [0.4, 0.5) is 5.95 Å². The molecule has 3 rings (SSSR count). The molecule has 0 amide bonds. The van der Waals surface area contributed by atoms with Crippen LogP contribution < -0.4 is 9.64 Å². The van der Waals surface area contributed by atoms with Gasteiger partial charge >= 0.3 is 0 Å². The fourth-order valence-electron chi connectivity index (χ4n) is 3.84. The average molecular weight is 427 g/mol. The molecule has 0 saturated heterocycles. The molecule has 1 atom stereocenters. The highest BCUT2D eigenvalue weighted by molar-refractivity contribution is 6.32. The van der Waals surface area contributed by atoms with Crippen molar-refractivity contribution in [3.63, 3.8) is 0 Å². The highest BCUT2D eigenvalue weighted by Gasteiger charge is 2.24. The number of nitrogens with zero attached hydrogens (tertiary/aromatic N) is 4. The molecule has 0 bridgehead atoms. The molecular weight excluding hydrogens is 396 g/mol. The number of aromatic nitrogens is 3. The SMILES string of the molecule is CCCC(c1ccccc1)N(CCC)c1nc(C)n(-c2cc(C)c(OC)cc2Cl)n1. The van der Waals surface area contributed by atoms with Gasteiger partial charge in [-0.05, 0) is 43.9 Å². The molecule has 0 aliphatic heterocycles. The molecule has 0 N–H and O–H groups in total. The molecule has 30 heavy (non-hydrogen) atoms. The van der Waals surface area contributed by atoms with E-state index in [1.54, 1.807) is 7.11 Å². The molecule has 0 radical (unpaired) electrons. The Labute approximate surface area is 184 Å². The van der Waals surface area contributed by atoms with Gasteiger partial charge in [0.2, 0.25) is 5.95 Å². The number of methoxy groups -OCH3 is 1. The summed E-state index contributed by atoms with van der Waals surface area (Å²) in [5.74, 6) is 2.31. The number of benzene rings is 2. The summed E-state index contributed by atoms with van der Waals surface area (Å²) in [4.78, 5) is 7.16. The van der Waals surface area contributed by atoms with Crippen molar-refractivity contribution in [2.75, 3.05) is 18.6 Å². The molecule has 3 aromatic rings. The number of halogens is 1. The Bertz CT molecular complexity index is 971.